The summed E-state index contributed by atoms with van der Waals surface area (Å²) in [6.07, 6.45) is 6.70. The number of hydrogen-bond acceptors (Lipinski definition) is 6. The lowest BCUT2D eigenvalue weighted by atomic mass is 9.81. The van der Waals surface area contributed by atoms with Gasteiger partial charge < -0.3 is 18.9 Å². The van der Waals surface area contributed by atoms with Crippen molar-refractivity contribution in [2.75, 3.05) is 47.4 Å². The lowest BCUT2D eigenvalue weighted by molar-refractivity contribution is -0.126. The molecule has 0 unspecified atom stereocenters. The van der Waals surface area contributed by atoms with Crippen molar-refractivity contribution in [1.29, 1.82) is 0 Å². The van der Waals surface area contributed by atoms with E-state index in [2.05, 4.69) is 0 Å². The minimum absolute atomic E-state index is 0.0436. The molecule has 4 bridgehead atoms. The summed E-state index contributed by atoms with van der Waals surface area (Å²) < 4.78 is 89.6. The first-order valence-corrected chi connectivity index (χ1v) is 15.8. The van der Waals surface area contributed by atoms with Gasteiger partial charge in [-0.2, -0.15) is 12.7 Å². The maximum atomic E-state index is 14.3. The van der Waals surface area contributed by atoms with Gasteiger partial charge in [-0.15, -0.1) is 0 Å². The lowest BCUT2D eigenvalue weighted by Gasteiger charge is -2.24. The van der Waals surface area contributed by atoms with E-state index >= 15 is 0 Å². The molecular weight excluding hydrogens is 568 g/mol. The number of fused-ring (bicyclic) bond motifs is 4. The summed E-state index contributed by atoms with van der Waals surface area (Å²) >= 11 is 0. The van der Waals surface area contributed by atoms with Gasteiger partial charge in [-0.05, 0) is 66.3 Å². The number of nitrogens with one attached hydrogen (secondary N) is 1. The van der Waals surface area contributed by atoms with Crippen molar-refractivity contribution < 1.29 is 35.7 Å². The zero-order valence-electron chi connectivity index (χ0n) is 29.9. The molecule has 43 heavy (non-hydrogen) atoms. The van der Waals surface area contributed by atoms with Gasteiger partial charge in [0.1, 0.15) is 5.75 Å². The Hall–Kier alpha value is -3.67. The van der Waals surface area contributed by atoms with Crippen LogP contribution in [-0.4, -0.2) is 81.4 Å². The molecule has 1 fully saturated rings. The Morgan fingerprint density at radius 3 is 2.60 bits per heavy atom. The zero-order chi connectivity index (χ0) is 35.3. The molecule has 2 amide bonds. The van der Waals surface area contributed by atoms with Gasteiger partial charge in [0.05, 0.1) is 32.6 Å². The largest absolute Gasteiger partial charge is 0.497 e. The molecule has 1 N–H and O–H groups in total. The number of carbonyl (C=O) groups excluding carboxylic acids is 2. The van der Waals surface area contributed by atoms with Crippen molar-refractivity contribution in [1.82, 2.24) is 18.5 Å². The maximum Gasteiger partial charge on any atom is 0.303 e. The van der Waals surface area contributed by atoms with E-state index in [0.29, 0.717) is 16.8 Å². The standard InChI is InChI=1S/C32H38N4O6S/c1-34-13-15-42-16-14-35(2)43(39,40)33-31(37)22-9-11-27-28(19-22)36-20-24(32(34)38)17-23-18-25(41-3)10-12-26(23)30(36)29(27)21-7-5-4-6-8-21/h9-12,17-19,21H,4-8,13-16,20H2,1-3H3,(H,33,37)/i1D3,2D3. The molecule has 1 saturated carbocycles. The summed E-state index contributed by atoms with van der Waals surface area (Å²) in [7, 11) is -3.35. The predicted octanol–water partition coefficient (Wildman–Crippen LogP) is 4.16. The molecule has 1 aromatic heterocycles. The van der Waals surface area contributed by atoms with Gasteiger partial charge in [0, 0.05) is 62.9 Å². The van der Waals surface area contributed by atoms with Crippen molar-refractivity contribution in [3.05, 3.63) is 58.7 Å². The summed E-state index contributed by atoms with van der Waals surface area (Å²) in [5, 5.41) is 0.819. The van der Waals surface area contributed by atoms with E-state index in [4.69, 9.17) is 17.7 Å². The number of rotatable bonds is 2. The number of carbonyl (C=O) groups is 2. The molecule has 11 heteroatoms. The molecule has 0 radical (unpaired) electrons. The van der Waals surface area contributed by atoms with Crippen LogP contribution in [-0.2, 0) is 26.3 Å². The molecule has 0 spiro atoms. The Labute approximate surface area is 260 Å². The molecule has 3 aliphatic rings. The second-order valence-electron chi connectivity index (χ2n) is 11.1. The normalized spacial score (nSPS) is 23.1. The SMILES string of the molecule is [2H]C([2H])([2H])N1CCOCCN(C([2H])([2H])[2H])S(=O)(=O)NC(=O)c2ccc3c(C4CCCCC4)c4n(c3c2)CC(=Cc2cc(OC)ccc2-4)C1=O. The number of likely N-dealkylation sites (N-methyl/N-ethyl adjacent to an activating group) is 2. The Kier molecular flexibility index (Phi) is 6.25. The maximum absolute atomic E-state index is 14.3. The number of amides is 2. The molecule has 10 nitrogen and oxygen atoms in total. The Bertz CT molecular complexity index is 1930. The van der Waals surface area contributed by atoms with Crippen LogP contribution in [0.4, 0.5) is 0 Å². The summed E-state index contributed by atoms with van der Waals surface area (Å²) in [4.78, 5) is 28.5. The number of aromatic nitrogens is 1. The van der Waals surface area contributed by atoms with Gasteiger partial charge in [0.15, 0.2) is 0 Å². The van der Waals surface area contributed by atoms with Gasteiger partial charge in [-0.3, -0.25) is 9.59 Å². The van der Waals surface area contributed by atoms with Crippen LogP contribution in [0.1, 0.15) is 67.7 Å². The number of nitrogens with zero attached hydrogens (tertiary/aromatic N) is 3. The topological polar surface area (TPSA) is 110 Å². The third-order valence-electron chi connectivity index (χ3n) is 8.48. The van der Waals surface area contributed by atoms with Crippen LogP contribution >= 0.6 is 0 Å². The van der Waals surface area contributed by atoms with Gasteiger partial charge in [0.2, 0.25) is 0 Å². The van der Waals surface area contributed by atoms with Crippen LogP contribution in [0.25, 0.3) is 28.2 Å². The van der Waals surface area contributed by atoms with Gasteiger partial charge in [0.25, 0.3) is 11.8 Å². The van der Waals surface area contributed by atoms with E-state index in [-0.39, 0.29) is 41.1 Å². The first-order chi connectivity index (χ1) is 23.1. The summed E-state index contributed by atoms with van der Waals surface area (Å²) in [5.41, 5.74) is 3.98. The minimum Gasteiger partial charge on any atom is -0.497 e. The fourth-order valence-corrected chi connectivity index (χ4v) is 7.12. The monoisotopic (exact) mass is 612 g/mol. The molecule has 1 aliphatic carbocycles. The fraction of sp³-hybridized carbons (Fsp3) is 0.438. The molecule has 0 atom stereocenters. The van der Waals surface area contributed by atoms with Crippen LogP contribution in [0, 0.1) is 0 Å². The van der Waals surface area contributed by atoms with Crippen LogP contribution < -0.4 is 9.46 Å². The van der Waals surface area contributed by atoms with Crippen LogP contribution in [0.3, 0.4) is 0 Å². The average Bonchev–Trinajstić information content (AvgIpc) is 3.24. The van der Waals surface area contributed by atoms with Crippen LogP contribution in [0.5, 0.6) is 5.75 Å². The van der Waals surface area contributed by atoms with Crippen molar-refractivity contribution >= 4 is 39.0 Å². The third-order valence-corrected chi connectivity index (χ3v) is 9.69. The number of hydrogen-bond donors (Lipinski definition) is 1. The van der Waals surface area contributed by atoms with Crippen molar-refractivity contribution in [3.8, 4) is 17.0 Å². The number of methoxy groups -OCH3 is 1. The molecule has 2 aromatic carbocycles. The molecule has 3 heterocycles. The van der Waals surface area contributed by atoms with Crippen molar-refractivity contribution in [2.45, 2.75) is 44.6 Å². The highest BCUT2D eigenvalue weighted by Gasteiger charge is 2.31. The first-order valence-electron chi connectivity index (χ1n) is 17.4. The Morgan fingerprint density at radius 2 is 1.84 bits per heavy atom. The minimum atomic E-state index is -4.88. The van der Waals surface area contributed by atoms with E-state index < -0.39 is 49.1 Å². The smallest absolute Gasteiger partial charge is 0.303 e. The van der Waals surface area contributed by atoms with E-state index in [1.54, 1.807) is 18.2 Å². The van der Waals surface area contributed by atoms with Gasteiger partial charge in [-0.1, -0.05) is 25.3 Å². The van der Waals surface area contributed by atoms with E-state index in [9.17, 15) is 18.0 Å². The van der Waals surface area contributed by atoms with Crippen molar-refractivity contribution in [3.63, 3.8) is 0 Å². The highest BCUT2D eigenvalue weighted by atomic mass is 32.2. The van der Waals surface area contributed by atoms with Crippen LogP contribution in [0.2, 0.25) is 0 Å². The van der Waals surface area contributed by atoms with Crippen LogP contribution in [0.15, 0.2) is 42.0 Å². The van der Waals surface area contributed by atoms with Gasteiger partial charge in [-0.25, -0.2) is 4.72 Å². The summed E-state index contributed by atoms with van der Waals surface area (Å²) in [6.45, 7) is -7.88. The van der Waals surface area contributed by atoms with E-state index in [0.717, 1.165) is 59.2 Å². The quantitative estimate of drug-likeness (QED) is 0.466. The van der Waals surface area contributed by atoms with Crippen molar-refractivity contribution in [2.24, 2.45) is 0 Å². The predicted molar refractivity (Wildman–Crippen MR) is 165 cm³/mol. The third kappa shape index (κ3) is 5.57. The number of ether oxygens (including phenoxy) is 2. The molecule has 228 valence electrons. The first kappa shape index (κ1) is 22.8. The Balaban J connectivity index is 1.62. The summed E-state index contributed by atoms with van der Waals surface area (Å²) in [5.74, 6) is -1.08. The second kappa shape index (κ2) is 11.8. The summed E-state index contributed by atoms with van der Waals surface area (Å²) in [6, 6.07) is 10.3. The average molecular weight is 613 g/mol. The zero-order valence-corrected chi connectivity index (χ0v) is 24.7. The van der Waals surface area contributed by atoms with E-state index in [1.807, 2.05) is 21.4 Å². The molecule has 0 saturated heterocycles. The lowest BCUT2D eigenvalue weighted by Crippen LogP contribution is -2.42. The molecule has 2 aliphatic heterocycles. The second-order valence-corrected chi connectivity index (χ2v) is 12.7. The fourth-order valence-electron chi connectivity index (χ4n) is 6.34. The highest BCUT2D eigenvalue weighted by Crippen LogP contribution is 2.47. The molecule has 3 aromatic rings. The molecular formula is C32H38N4O6S. The Morgan fingerprint density at radius 1 is 1.02 bits per heavy atom. The highest BCUT2D eigenvalue weighted by molar-refractivity contribution is 7.87. The van der Waals surface area contributed by atoms with Gasteiger partial charge >= 0.3 is 10.2 Å². The number of benzene rings is 2. The molecule has 6 rings (SSSR count). The van der Waals surface area contributed by atoms with E-state index in [1.165, 1.54) is 19.2 Å².